The van der Waals surface area contributed by atoms with Gasteiger partial charge in [-0.15, -0.1) is 0 Å². The predicted octanol–water partition coefficient (Wildman–Crippen LogP) is 1.40. The summed E-state index contributed by atoms with van der Waals surface area (Å²) in [6.07, 6.45) is 3.07. The first-order valence-corrected chi connectivity index (χ1v) is 7.81. The first kappa shape index (κ1) is 14.6. The van der Waals surface area contributed by atoms with Gasteiger partial charge in [0.15, 0.2) is 0 Å². The van der Waals surface area contributed by atoms with E-state index in [2.05, 4.69) is 0 Å². The SMILES string of the molecule is CC1(C)CN(C(=O)N2CC3CCCC3C2C(=O)O)CCO1. The number of morpholine rings is 1. The second kappa shape index (κ2) is 5.16. The molecule has 0 aromatic carbocycles. The minimum atomic E-state index is -0.856. The molecule has 1 saturated carbocycles. The number of amides is 2. The molecule has 6 nitrogen and oxygen atoms in total. The van der Waals surface area contributed by atoms with Crippen molar-refractivity contribution < 1.29 is 19.4 Å². The summed E-state index contributed by atoms with van der Waals surface area (Å²) in [7, 11) is 0. The Morgan fingerprint density at radius 3 is 2.71 bits per heavy atom. The molecule has 0 radical (unpaired) electrons. The van der Waals surface area contributed by atoms with Gasteiger partial charge in [-0.2, -0.15) is 0 Å². The lowest BCUT2D eigenvalue weighted by Gasteiger charge is -2.40. The molecular weight excluding hydrogens is 272 g/mol. The van der Waals surface area contributed by atoms with Crippen LogP contribution in [-0.2, 0) is 9.53 Å². The quantitative estimate of drug-likeness (QED) is 0.794. The van der Waals surface area contributed by atoms with Gasteiger partial charge in [0.05, 0.1) is 18.8 Å². The Bertz CT molecular complexity index is 451. The van der Waals surface area contributed by atoms with Gasteiger partial charge < -0.3 is 19.6 Å². The molecule has 21 heavy (non-hydrogen) atoms. The van der Waals surface area contributed by atoms with Crippen LogP contribution in [0.4, 0.5) is 4.79 Å². The average Bonchev–Trinajstić information content (AvgIpc) is 2.95. The predicted molar refractivity (Wildman–Crippen MR) is 76.0 cm³/mol. The molecule has 2 saturated heterocycles. The summed E-state index contributed by atoms with van der Waals surface area (Å²) in [4.78, 5) is 27.7. The van der Waals surface area contributed by atoms with E-state index in [-0.39, 0.29) is 17.6 Å². The Labute approximate surface area is 125 Å². The zero-order chi connectivity index (χ0) is 15.2. The molecule has 3 fully saturated rings. The highest BCUT2D eigenvalue weighted by molar-refractivity contribution is 5.84. The highest BCUT2D eigenvalue weighted by Crippen LogP contribution is 2.42. The number of carbonyl (C=O) groups excluding carboxylic acids is 1. The van der Waals surface area contributed by atoms with Crippen molar-refractivity contribution in [1.29, 1.82) is 0 Å². The Morgan fingerprint density at radius 1 is 1.29 bits per heavy atom. The Balaban J connectivity index is 1.76. The van der Waals surface area contributed by atoms with E-state index in [1.165, 1.54) is 0 Å². The van der Waals surface area contributed by atoms with Gasteiger partial charge in [-0.05, 0) is 38.5 Å². The van der Waals surface area contributed by atoms with Crippen molar-refractivity contribution in [2.45, 2.75) is 44.8 Å². The second-order valence-electron chi connectivity index (χ2n) is 7.10. The topological polar surface area (TPSA) is 70.1 Å². The third kappa shape index (κ3) is 2.61. The third-order valence-corrected chi connectivity index (χ3v) is 5.09. The van der Waals surface area contributed by atoms with Crippen LogP contribution in [0.2, 0.25) is 0 Å². The number of aliphatic carboxylic acids is 1. The van der Waals surface area contributed by atoms with Gasteiger partial charge in [0.2, 0.25) is 0 Å². The standard InChI is InChI=1S/C15H24N2O4/c1-15(2)9-16(6-7-21-15)14(20)17-8-10-4-3-5-11(10)12(17)13(18)19/h10-12H,3-9H2,1-2H3,(H,18,19). The number of likely N-dealkylation sites (tertiary alicyclic amines) is 1. The van der Waals surface area contributed by atoms with Crippen molar-refractivity contribution in [3.05, 3.63) is 0 Å². The summed E-state index contributed by atoms with van der Waals surface area (Å²) in [6, 6.07) is -0.774. The number of carboxylic acid groups (broad SMARTS) is 1. The van der Waals surface area contributed by atoms with E-state index >= 15 is 0 Å². The number of urea groups is 1. The van der Waals surface area contributed by atoms with Crippen LogP contribution in [0.25, 0.3) is 0 Å². The van der Waals surface area contributed by atoms with E-state index in [9.17, 15) is 14.7 Å². The first-order valence-electron chi connectivity index (χ1n) is 7.81. The first-order chi connectivity index (χ1) is 9.89. The van der Waals surface area contributed by atoms with E-state index in [1.807, 2.05) is 13.8 Å². The van der Waals surface area contributed by atoms with E-state index in [1.54, 1.807) is 9.80 Å². The average molecular weight is 296 g/mol. The molecule has 6 heteroatoms. The highest BCUT2D eigenvalue weighted by Gasteiger charge is 2.50. The Kier molecular flexibility index (Phi) is 3.59. The molecular formula is C15H24N2O4. The fraction of sp³-hybridized carbons (Fsp3) is 0.867. The summed E-state index contributed by atoms with van der Waals surface area (Å²) in [6.45, 7) is 6.08. The van der Waals surface area contributed by atoms with Crippen LogP contribution >= 0.6 is 0 Å². The van der Waals surface area contributed by atoms with Crippen LogP contribution in [0.1, 0.15) is 33.1 Å². The number of rotatable bonds is 1. The lowest BCUT2D eigenvalue weighted by Crippen LogP contribution is -2.56. The number of carbonyl (C=O) groups is 2. The monoisotopic (exact) mass is 296 g/mol. The fourth-order valence-electron chi connectivity index (χ4n) is 4.18. The summed E-state index contributed by atoms with van der Waals surface area (Å²) in [5.41, 5.74) is -0.359. The van der Waals surface area contributed by atoms with Crippen LogP contribution in [-0.4, -0.2) is 64.8 Å². The van der Waals surface area contributed by atoms with Gasteiger partial charge in [-0.3, -0.25) is 0 Å². The van der Waals surface area contributed by atoms with Gasteiger partial charge in [-0.1, -0.05) is 6.42 Å². The molecule has 3 atom stereocenters. The fourth-order valence-corrected chi connectivity index (χ4v) is 4.18. The van der Waals surface area contributed by atoms with Crippen molar-refractivity contribution in [3.63, 3.8) is 0 Å². The number of hydrogen-bond donors (Lipinski definition) is 1. The molecule has 118 valence electrons. The van der Waals surface area contributed by atoms with Crippen molar-refractivity contribution in [3.8, 4) is 0 Å². The smallest absolute Gasteiger partial charge is 0.326 e. The van der Waals surface area contributed by atoms with Crippen molar-refractivity contribution in [2.75, 3.05) is 26.2 Å². The number of ether oxygens (including phenoxy) is 1. The number of carboxylic acids is 1. The van der Waals surface area contributed by atoms with Crippen molar-refractivity contribution in [1.82, 2.24) is 9.80 Å². The molecule has 3 unspecified atom stereocenters. The van der Waals surface area contributed by atoms with Gasteiger partial charge in [-0.25, -0.2) is 9.59 Å². The number of fused-ring (bicyclic) bond motifs is 1. The summed E-state index contributed by atoms with van der Waals surface area (Å²) >= 11 is 0. The number of hydrogen-bond acceptors (Lipinski definition) is 3. The van der Waals surface area contributed by atoms with E-state index in [4.69, 9.17) is 4.74 Å². The minimum absolute atomic E-state index is 0.131. The number of nitrogens with zero attached hydrogens (tertiary/aromatic N) is 2. The molecule has 0 spiro atoms. The van der Waals surface area contributed by atoms with Gasteiger partial charge in [0.1, 0.15) is 6.04 Å². The van der Waals surface area contributed by atoms with Crippen LogP contribution < -0.4 is 0 Å². The molecule has 1 N–H and O–H groups in total. The van der Waals surface area contributed by atoms with E-state index in [0.29, 0.717) is 32.2 Å². The molecule has 2 aliphatic heterocycles. The largest absolute Gasteiger partial charge is 0.480 e. The highest BCUT2D eigenvalue weighted by atomic mass is 16.5. The van der Waals surface area contributed by atoms with E-state index in [0.717, 1.165) is 19.3 Å². The summed E-state index contributed by atoms with van der Waals surface area (Å²) < 4.78 is 5.63. The summed E-state index contributed by atoms with van der Waals surface area (Å²) in [5.74, 6) is -0.352. The molecule has 3 aliphatic rings. The maximum Gasteiger partial charge on any atom is 0.326 e. The van der Waals surface area contributed by atoms with Crippen molar-refractivity contribution in [2.24, 2.45) is 11.8 Å². The minimum Gasteiger partial charge on any atom is -0.480 e. The molecule has 1 aliphatic carbocycles. The normalized spacial score (nSPS) is 34.9. The van der Waals surface area contributed by atoms with E-state index < -0.39 is 12.0 Å². The molecule has 0 bridgehead atoms. The maximum absolute atomic E-state index is 12.8. The van der Waals surface area contributed by atoms with Crippen molar-refractivity contribution >= 4 is 12.0 Å². The maximum atomic E-state index is 12.8. The Hall–Kier alpha value is -1.30. The van der Waals surface area contributed by atoms with Gasteiger partial charge >= 0.3 is 12.0 Å². The van der Waals surface area contributed by atoms with Gasteiger partial charge in [0, 0.05) is 13.1 Å². The lowest BCUT2D eigenvalue weighted by atomic mass is 9.94. The zero-order valence-corrected chi connectivity index (χ0v) is 12.7. The van der Waals surface area contributed by atoms with Crippen LogP contribution in [0.5, 0.6) is 0 Å². The zero-order valence-electron chi connectivity index (χ0n) is 12.7. The molecule has 3 rings (SSSR count). The third-order valence-electron chi connectivity index (χ3n) is 5.09. The molecule has 0 aromatic heterocycles. The van der Waals surface area contributed by atoms with Crippen LogP contribution in [0.15, 0.2) is 0 Å². The molecule has 2 amide bonds. The second-order valence-corrected chi connectivity index (χ2v) is 7.10. The molecule has 2 heterocycles. The molecule has 0 aromatic rings. The van der Waals surface area contributed by atoms with Crippen LogP contribution in [0.3, 0.4) is 0 Å². The lowest BCUT2D eigenvalue weighted by molar-refractivity contribution is -0.143. The van der Waals surface area contributed by atoms with Crippen LogP contribution in [0, 0.1) is 11.8 Å². The summed E-state index contributed by atoms with van der Waals surface area (Å²) in [5, 5.41) is 9.54. The Morgan fingerprint density at radius 2 is 2.05 bits per heavy atom. The van der Waals surface area contributed by atoms with Gasteiger partial charge in [0.25, 0.3) is 0 Å².